The first-order valence-electron chi connectivity index (χ1n) is 42.7. The van der Waals surface area contributed by atoms with E-state index in [4.69, 9.17) is 37.0 Å². The molecule has 5 unspecified atom stereocenters. The molecule has 19 heteroatoms. The number of hydrogen-bond donors (Lipinski definition) is 3. The van der Waals surface area contributed by atoms with Crippen LogP contribution in [0.3, 0.4) is 0 Å². The SMILES string of the molecule is CC/C=C\C/C=C\C/C=C\C/C=C\CCCCCCCCC(=O)OCC(COP(=O)(O)OCC(O)COP(=O)(O)OCC(COC(=O)CCCCCCCC/C=C\C/C=C\C/C=C\C/C=C\CC)OC(=O)CCCCCCCC/C=C\C/C=C\C/C=C\CCCCC)OC(=O)CCCCCCC/C=C\C/C=C\CCC. The van der Waals surface area contributed by atoms with E-state index < -0.39 is 97.5 Å². The summed E-state index contributed by atoms with van der Waals surface area (Å²) in [6, 6.07) is 0. The highest BCUT2D eigenvalue weighted by atomic mass is 31.2. The number of phosphoric acid groups is 2. The van der Waals surface area contributed by atoms with E-state index in [9.17, 15) is 43.2 Å². The number of aliphatic hydroxyl groups excluding tert-OH is 1. The predicted octanol–water partition coefficient (Wildman–Crippen LogP) is 25.6. The monoisotopic (exact) mass is 1580 g/mol. The molecule has 0 radical (unpaired) electrons. The number of carbonyl (C=O) groups is 4. The molecule has 0 saturated heterocycles. The summed E-state index contributed by atoms with van der Waals surface area (Å²) < 4.78 is 68.8. The van der Waals surface area contributed by atoms with Gasteiger partial charge in [-0.2, -0.15) is 0 Å². The molecule has 17 nitrogen and oxygen atoms in total. The van der Waals surface area contributed by atoms with Crippen molar-refractivity contribution >= 4 is 39.5 Å². The molecular formula is C91H152O17P2. The van der Waals surface area contributed by atoms with Gasteiger partial charge >= 0.3 is 39.5 Å². The third kappa shape index (κ3) is 80.7. The second kappa shape index (κ2) is 81.7. The average Bonchev–Trinajstić information content (AvgIpc) is 0.942. The Kier molecular flexibility index (Phi) is 77.7. The molecule has 0 aliphatic rings. The van der Waals surface area contributed by atoms with Gasteiger partial charge in [0.15, 0.2) is 12.2 Å². The van der Waals surface area contributed by atoms with E-state index in [2.05, 4.69) is 186 Å². The molecule has 0 heterocycles. The molecule has 0 aromatic rings. The summed E-state index contributed by atoms with van der Waals surface area (Å²) in [6.07, 6.45) is 96.2. The van der Waals surface area contributed by atoms with Crippen LogP contribution in [-0.4, -0.2) is 96.7 Å². The lowest BCUT2D eigenvalue weighted by atomic mass is 10.1. The van der Waals surface area contributed by atoms with Crippen LogP contribution >= 0.6 is 15.6 Å². The zero-order valence-electron chi connectivity index (χ0n) is 68.9. The van der Waals surface area contributed by atoms with E-state index >= 15 is 0 Å². The molecule has 110 heavy (non-hydrogen) atoms. The van der Waals surface area contributed by atoms with E-state index in [0.29, 0.717) is 25.7 Å². The molecule has 0 aliphatic carbocycles. The Morgan fingerprint density at radius 2 is 0.491 bits per heavy atom. The number of aliphatic hydroxyl groups is 1. The standard InChI is InChI=1S/C91H152O17P2/c1-5-9-13-17-21-25-29-33-36-39-42-45-48-52-55-59-63-67-71-75-88(93)101-81-86(107-90(95)77-73-69-65-61-57-51-32-28-24-20-16-12-8-4)83-105-109(97,98)103-79-85(92)80-104-110(99,100)106-84-87(108-91(96)78-74-70-66-62-58-54-50-47-44-41-38-35-31-27-23-19-15-11-7-3)82-102-89(94)76-72-68-64-60-56-53-49-46-43-40-37-34-30-26-22-18-14-10-6-2/h9-10,13-14,16,20-23,25-28,32-38,42-47,85-87,92H,5-8,11-12,15,17-19,24,29-31,39-41,48-84H2,1-4H3,(H,97,98)(H,99,100)/b13-9-,14-10-,20-16-,25-21-,26-22-,27-23-,32-28-,36-33-,37-34-,38-35-,45-42-,46-43-,47-44-. The molecule has 3 N–H and O–H groups in total. The van der Waals surface area contributed by atoms with Crippen molar-refractivity contribution in [2.24, 2.45) is 0 Å². The largest absolute Gasteiger partial charge is 0.472 e. The van der Waals surface area contributed by atoms with E-state index in [0.717, 1.165) is 238 Å². The van der Waals surface area contributed by atoms with E-state index in [1.54, 1.807) is 0 Å². The van der Waals surface area contributed by atoms with Gasteiger partial charge in [-0.3, -0.25) is 37.3 Å². The van der Waals surface area contributed by atoms with Gasteiger partial charge in [0.05, 0.1) is 26.4 Å². The van der Waals surface area contributed by atoms with Gasteiger partial charge in [0.2, 0.25) is 0 Å². The Morgan fingerprint density at radius 1 is 0.264 bits per heavy atom. The molecule has 0 saturated carbocycles. The van der Waals surface area contributed by atoms with Crippen molar-refractivity contribution in [3.8, 4) is 0 Å². The van der Waals surface area contributed by atoms with Crippen LogP contribution < -0.4 is 0 Å². The third-order valence-electron chi connectivity index (χ3n) is 17.4. The smallest absolute Gasteiger partial charge is 0.462 e. The first-order valence-corrected chi connectivity index (χ1v) is 45.7. The minimum atomic E-state index is -5.00. The predicted molar refractivity (Wildman–Crippen MR) is 454 cm³/mol. The van der Waals surface area contributed by atoms with E-state index in [-0.39, 0.29) is 25.7 Å². The zero-order chi connectivity index (χ0) is 80.3. The summed E-state index contributed by atoms with van der Waals surface area (Å²) in [5.74, 6) is -2.23. The summed E-state index contributed by atoms with van der Waals surface area (Å²) in [5.41, 5.74) is 0. The van der Waals surface area contributed by atoms with Gasteiger partial charge < -0.3 is 33.8 Å². The molecule has 0 spiro atoms. The average molecular weight is 1580 g/mol. The van der Waals surface area contributed by atoms with Gasteiger partial charge in [0.1, 0.15) is 19.3 Å². The highest BCUT2D eigenvalue weighted by molar-refractivity contribution is 7.47. The third-order valence-corrected chi connectivity index (χ3v) is 19.3. The number of esters is 4. The van der Waals surface area contributed by atoms with Crippen molar-refractivity contribution < 1.29 is 80.2 Å². The number of phosphoric ester groups is 2. The minimum Gasteiger partial charge on any atom is -0.462 e. The van der Waals surface area contributed by atoms with Crippen molar-refractivity contribution in [3.63, 3.8) is 0 Å². The number of allylic oxidation sites excluding steroid dienone is 26. The number of unbranched alkanes of at least 4 members (excludes halogenated alkanes) is 27. The highest BCUT2D eigenvalue weighted by Gasteiger charge is 2.30. The normalized spacial score (nSPS) is 14.6. The van der Waals surface area contributed by atoms with Crippen LogP contribution in [0.4, 0.5) is 0 Å². The Morgan fingerprint density at radius 3 is 0.764 bits per heavy atom. The van der Waals surface area contributed by atoms with Crippen molar-refractivity contribution in [2.45, 2.75) is 354 Å². The Hall–Kier alpha value is -5.32. The molecule has 628 valence electrons. The summed E-state index contributed by atoms with van der Waals surface area (Å²) in [4.78, 5) is 73.3. The maximum Gasteiger partial charge on any atom is 0.472 e. The van der Waals surface area contributed by atoms with Gasteiger partial charge in [0.25, 0.3) is 0 Å². The maximum atomic E-state index is 13.1. The fraction of sp³-hybridized carbons (Fsp3) is 0.670. The number of rotatable bonds is 79. The van der Waals surface area contributed by atoms with Crippen LogP contribution in [0.5, 0.6) is 0 Å². The molecule has 0 fully saturated rings. The van der Waals surface area contributed by atoms with Crippen LogP contribution in [-0.2, 0) is 65.4 Å². The van der Waals surface area contributed by atoms with E-state index in [1.807, 2.05) is 0 Å². The molecule has 0 aliphatic heterocycles. The van der Waals surface area contributed by atoms with Crippen LogP contribution in [0.1, 0.15) is 336 Å². The zero-order valence-corrected chi connectivity index (χ0v) is 70.7. The Balaban J connectivity index is 5.41. The van der Waals surface area contributed by atoms with Gasteiger partial charge in [-0.05, 0) is 167 Å². The van der Waals surface area contributed by atoms with Crippen LogP contribution in [0.25, 0.3) is 0 Å². The quantitative estimate of drug-likeness (QED) is 0.0169. The second-order valence-corrected chi connectivity index (χ2v) is 30.9. The lowest BCUT2D eigenvalue weighted by Crippen LogP contribution is -2.30. The molecule has 0 bridgehead atoms. The van der Waals surface area contributed by atoms with Crippen molar-refractivity contribution in [1.82, 2.24) is 0 Å². The van der Waals surface area contributed by atoms with Gasteiger partial charge in [-0.25, -0.2) is 9.13 Å². The molecule has 0 aromatic carbocycles. The minimum absolute atomic E-state index is 0.0707. The molecular weight excluding hydrogens is 1430 g/mol. The van der Waals surface area contributed by atoms with Crippen LogP contribution in [0.2, 0.25) is 0 Å². The lowest BCUT2D eigenvalue weighted by Gasteiger charge is -2.21. The van der Waals surface area contributed by atoms with Gasteiger partial charge in [0, 0.05) is 25.7 Å². The van der Waals surface area contributed by atoms with Crippen LogP contribution in [0, 0.1) is 0 Å². The first kappa shape index (κ1) is 105. The summed E-state index contributed by atoms with van der Waals surface area (Å²) in [5, 5.41) is 10.7. The molecule has 0 amide bonds. The molecule has 0 rings (SSSR count). The van der Waals surface area contributed by atoms with Crippen molar-refractivity contribution in [1.29, 1.82) is 0 Å². The van der Waals surface area contributed by atoms with Crippen molar-refractivity contribution in [3.05, 3.63) is 158 Å². The lowest BCUT2D eigenvalue weighted by molar-refractivity contribution is -0.161. The van der Waals surface area contributed by atoms with Crippen LogP contribution in [0.15, 0.2) is 158 Å². The van der Waals surface area contributed by atoms with Crippen molar-refractivity contribution in [2.75, 3.05) is 39.6 Å². The Bertz CT molecular complexity index is 2700. The summed E-state index contributed by atoms with van der Waals surface area (Å²) >= 11 is 0. The van der Waals surface area contributed by atoms with Gasteiger partial charge in [-0.15, -0.1) is 0 Å². The van der Waals surface area contributed by atoms with E-state index in [1.165, 1.54) is 19.3 Å². The number of ether oxygens (including phenoxy) is 4. The molecule has 5 atom stereocenters. The topological polar surface area (TPSA) is 237 Å². The second-order valence-electron chi connectivity index (χ2n) is 28.0. The summed E-state index contributed by atoms with van der Waals surface area (Å²) in [6.45, 7) is 4.52. The summed E-state index contributed by atoms with van der Waals surface area (Å²) in [7, 11) is -9.99. The highest BCUT2D eigenvalue weighted by Crippen LogP contribution is 2.45. The fourth-order valence-corrected chi connectivity index (χ4v) is 12.6. The number of hydrogen-bond acceptors (Lipinski definition) is 15. The number of carbonyl (C=O) groups excluding carboxylic acids is 4. The first-order chi connectivity index (χ1) is 53.7. The molecule has 0 aromatic heterocycles. The Labute approximate surface area is 668 Å². The fourth-order valence-electron chi connectivity index (χ4n) is 11.0. The van der Waals surface area contributed by atoms with Gasteiger partial charge in [-0.1, -0.05) is 301 Å². The maximum absolute atomic E-state index is 13.1.